The Morgan fingerprint density at radius 3 is 2.67 bits per heavy atom. The molecule has 1 aliphatic carbocycles. The number of H-pyrrole nitrogens is 1. The van der Waals surface area contributed by atoms with E-state index in [1.54, 1.807) is 6.07 Å². The molecule has 128 valence electrons. The van der Waals surface area contributed by atoms with E-state index in [4.69, 9.17) is 0 Å². The van der Waals surface area contributed by atoms with Crippen molar-refractivity contribution in [2.24, 2.45) is 5.92 Å². The normalized spacial score (nSPS) is 16.8. The van der Waals surface area contributed by atoms with Crippen LogP contribution < -0.4 is 5.32 Å². The molecule has 1 atom stereocenters. The molecular formula is C19H24N2O3. The molecule has 1 heterocycles. The number of aromatic amines is 1. The van der Waals surface area contributed by atoms with Gasteiger partial charge in [-0.1, -0.05) is 50.3 Å². The third-order valence-electron chi connectivity index (χ3n) is 4.97. The second-order valence-electron chi connectivity index (χ2n) is 6.72. The number of amides is 1. The Morgan fingerprint density at radius 2 is 1.96 bits per heavy atom. The predicted molar refractivity (Wildman–Crippen MR) is 93.0 cm³/mol. The van der Waals surface area contributed by atoms with Gasteiger partial charge in [0, 0.05) is 10.9 Å². The van der Waals surface area contributed by atoms with Crippen LogP contribution in [0.3, 0.4) is 0 Å². The SMILES string of the molecule is O=C(NC(CCC1CCCCC1)C(=O)O)c1cc2ccccc2[nH]1. The highest BCUT2D eigenvalue weighted by atomic mass is 16.4. The largest absolute Gasteiger partial charge is 0.480 e. The Hall–Kier alpha value is -2.30. The summed E-state index contributed by atoms with van der Waals surface area (Å²) in [7, 11) is 0. The first-order valence-electron chi connectivity index (χ1n) is 8.75. The van der Waals surface area contributed by atoms with Crippen molar-refractivity contribution in [1.82, 2.24) is 10.3 Å². The van der Waals surface area contributed by atoms with Crippen LogP contribution in [0.2, 0.25) is 0 Å². The number of rotatable bonds is 6. The van der Waals surface area contributed by atoms with Crippen molar-refractivity contribution in [2.45, 2.75) is 51.0 Å². The fourth-order valence-electron chi connectivity index (χ4n) is 3.57. The molecule has 5 nitrogen and oxygen atoms in total. The molecule has 24 heavy (non-hydrogen) atoms. The second-order valence-corrected chi connectivity index (χ2v) is 6.72. The molecule has 1 aromatic carbocycles. The van der Waals surface area contributed by atoms with Crippen LogP contribution in [0.4, 0.5) is 0 Å². The van der Waals surface area contributed by atoms with E-state index in [1.807, 2.05) is 24.3 Å². The first-order chi connectivity index (χ1) is 11.6. The molecule has 0 spiro atoms. The van der Waals surface area contributed by atoms with Gasteiger partial charge in [0.25, 0.3) is 5.91 Å². The summed E-state index contributed by atoms with van der Waals surface area (Å²) in [5.41, 5.74) is 1.27. The fraction of sp³-hybridized carbons (Fsp3) is 0.474. The number of aromatic nitrogens is 1. The van der Waals surface area contributed by atoms with E-state index in [0.29, 0.717) is 18.0 Å². The van der Waals surface area contributed by atoms with Gasteiger partial charge in [0.1, 0.15) is 11.7 Å². The third kappa shape index (κ3) is 3.96. The van der Waals surface area contributed by atoms with Crippen molar-refractivity contribution in [1.29, 1.82) is 0 Å². The topological polar surface area (TPSA) is 82.2 Å². The maximum Gasteiger partial charge on any atom is 0.326 e. The monoisotopic (exact) mass is 328 g/mol. The highest BCUT2D eigenvalue weighted by Crippen LogP contribution is 2.27. The van der Waals surface area contributed by atoms with Gasteiger partial charge in [-0.25, -0.2) is 4.79 Å². The van der Waals surface area contributed by atoms with Crippen LogP contribution in [0.5, 0.6) is 0 Å². The number of hydrogen-bond acceptors (Lipinski definition) is 2. The average molecular weight is 328 g/mol. The van der Waals surface area contributed by atoms with Crippen LogP contribution in [0.25, 0.3) is 10.9 Å². The summed E-state index contributed by atoms with van der Waals surface area (Å²) < 4.78 is 0. The van der Waals surface area contributed by atoms with E-state index in [0.717, 1.165) is 17.3 Å². The average Bonchev–Trinajstić information content (AvgIpc) is 3.03. The number of nitrogens with one attached hydrogen (secondary N) is 2. The van der Waals surface area contributed by atoms with Gasteiger partial charge in [0.2, 0.25) is 0 Å². The summed E-state index contributed by atoms with van der Waals surface area (Å²) in [4.78, 5) is 26.9. The Kier molecular flexibility index (Phi) is 5.18. The Balaban J connectivity index is 1.61. The molecule has 0 aliphatic heterocycles. The first kappa shape index (κ1) is 16.6. The van der Waals surface area contributed by atoms with E-state index in [9.17, 15) is 14.7 Å². The summed E-state index contributed by atoms with van der Waals surface area (Å²) in [5, 5.41) is 13.0. The molecule has 1 aliphatic rings. The molecular weight excluding hydrogens is 304 g/mol. The molecule has 3 N–H and O–H groups in total. The smallest absolute Gasteiger partial charge is 0.326 e. The van der Waals surface area contributed by atoms with Crippen molar-refractivity contribution >= 4 is 22.8 Å². The number of fused-ring (bicyclic) bond motifs is 1. The highest BCUT2D eigenvalue weighted by molar-refractivity contribution is 5.99. The number of aliphatic carboxylic acids is 1. The van der Waals surface area contributed by atoms with Crippen molar-refractivity contribution in [3.8, 4) is 0 Å². The van der Waals surface area contributed by atoms with E-state index >= 15 is 0 Å². The molecule has 5 heteroatoms. The lowest BCUT2D eigenvalue weighted by Gasteiger charge is -2.23. The predicted octanol–water partition coefficient (Wildman–Crippen LogP) is 3.71. The van der Waals surface area contributed by atoms with E-state index in [2.05, 4.69) is 10.3 Å². The number of benzene rings is 1. The maximum absolute atomic E-state index is 12.4. The quantitative estimate of drug-likeness (QED) is 0.756. The van der Waals surface area contributed by atoms with Crippen molar-refractivity contribution in [3.63, 3.8) is 0 Å². The zero-order valence-corrected chi connectivity index (χ0v) is 13.8. The van der Waals surface area contributed by atoms with E-state index in [1.165, 1.54) is 32.1 Å². The van der Waals surface area contributed by atoms with Gasteiger partial charge in [-0.15, -0.1) is 0 Å². The van der Waals surface area contributed by atoms with Crippen molar-refractivity contribution in [3.05, 3.63) is 36.0 Å². The Bertz CT molecular complexity index is 683. The van der Waals surface area contributed by atoms with Crippen LogP contribution in [-0.2, 0) is 4.79 Å². The van der Waals surface area contributed by atoms with Gasteiger partial charge in [0.15, 0.2) is 0 Å². The number of para-hydroxylation sites is 1. The van der Waals surface area contributed by atoms with Gasteiger partial charge >= 0.3 is 5.97 Å². The minimum Gasteiger partial charge on any atom is -0.480 e. The van der Waals surface area contributed by atoms with Crippen LogP contribution in [0.15, 0.2) is 30.3 Å². The van der Waals surface area contributed by atoms with Gasteiger partial charge in [0.05, 0.1) is 0 Å². The molecule has 1 unspecified atom stereocenters. The standard InChI is InChI=1S/C19H24N2O3/c22-18(17-12-14-8-4-5-9-15(14)20-17)21-16(19(23)24)11-10-13-6-2-1-3-7-13/h4-5,8-9,12-13,16,20H,1-3,6-7,10-11H2,(H,21,22)(H,23,24). The van der Waals surface area contributed by atoms with Crippen LogP contribution >= 0.6 is 0 Å². The molecule has 0 bridgehead atoms. The molecule has 0 radical (unpaired) electrons. The van der Waals surface area contributed by atoms with Gasteiger partial charge in [-0.05, 0) is 30.9 Å². The molecule has 2 aromatic rings. The minimum absolute atomic E-state index is 0.359. The van der Waals surface area contributed by atoms with Crippen molar-refractivity contribution < 1.29 is 14.7 Å². The number of carbonyl (C=O) groups excluding carboxylic acids is 1. The number of carboxylic acid groups (broad SMARTS) is 1. The number of carbonyl (C=O) groups is 2. The lowest BCUT2D eigenvalue weighted by molar-refractivity contribution is -0.139. The second kappa shape index (κ2) is 7.51. The van der Waals surface area contributed by atoms with Gasteiger partial charge in [-0.2, -0.15) is 0 Å². The van der Waals surface area contributed by atoms with Gasteiger partial charge < -0.3 is 15.4 Å². The minimum atomic E-state index is -0.963. The van der Waals surface area contributed by atoms with E-state index < -0.39 is 12.0 Å². The molecule has 1 fully saturated rings. The Morgan fingerprint density at radius 1 is 1.21 bits per heavy atom. The maximum atomic E-state index is 12.4. The van der Waals surface area contributed by atoms with Crippen LogP contribution in [0.1, 0.15) is 55.4 Å². The van der Waals surface area contributed by atoms with E-state index in [-0.39, 0.29) is 5.91 Å². The summed E-state index contributed by atoms with van der Waals surface area (Å²) >= 11 is 0. The van der Waals surface area contributed by atoms with Crippen molar-refractivity contribution in [2.75, 3.05) is 0 Å². The summed E-state index contributed by atoms with van der Waals surface area (Å²) in [6.07, 6.45) is 7.49. The molecule has 0 saturated heterocycles. The molecule has 1 saturated carbocycles. The number of hydrogen-bond donors (Lipinski definition) is 3. The zero-order chi connectivity index (χ0) is 16.9. The summed E-state index contributed by atoms with van der Waals surface area (Å²) in [5.74, 6) is -0.719. The molecule has 1 aromatic heterocycles. The lowest BCUT2D eigenvalue weighted by atomic mass is 9.85. The lowest BCUT2D eigenvalue weighted by Crippen LogP contribution is -2.41. The Labute approximate surface area is 141 Å². The summed E-state index contributed by atoms with van der Waals surface area (Å²) in [6.45, 7) is 0. The zero-order valence-electron chi connectivity index (χ0n) is 13.8. The number of carboxylic acids is 1. The van der Waals surface area contributed by atoms with Crippen LogP contribution in [0, 0.1) is 5.92 Å². The molecule has 1 amide bonds. The first-order valence-corrected chi connectivity index (χ1v) is 8.75. The third-order valence-corrected chi connectivity index (χ3v) is 4.97. The van der Waals surface area contributed by atoms with Crippen LogP contribution in [-0.4, -0.2) is 28.0 Å². The molecule has 3 rings (SSSR count). The highest BCUT2D eigenvalue weighted by Gasteiger charge is 2.23. The fourth-order valence-corrected chi connectivity index (χ4v) is 3.57. The summed E-state index contributed by atoms with van der Waals surface area (Å²) in [6, 6.07) is 8.53. The van der Waals surface area contributed by atoms with Gasteiger partial charge in [-0.3, -0.25) is 4.79 Å².